The third kappa shape index (κ3) is 4.58. The average molecular weight is 271 g/mol. The van der Waals surface area contributed by atoms with Crippen LogP contribution in [0.15, 0.2) is 12.4 Å². The molecule has 0 saturated carbocycles. The third-order valence-electron chi connectivity index (χ3n) is 2.54. The molecule has 0 aliphatic carbocycles. The molecule has 0 unspecified atom stereocenters. The molecule has 0 bridgehead atoms. The van der Waals surface area contributed by atoms with E-state index in [1.54, 1.807) is 4.90 Å². The largest absolute Gasteiger partial charge is 0.337 e. The van der Waals surface area contributed by atoms with Gasteiger partial charge in [-0.05, 0) is 34.0 Å². The lowest BCUT2D eigenvalue weighted by molar-refractivity contribution is 0.0753. The second-order valence-electron chi connectivity index (χ2n) is 4.27. The standard InChI is InChI=1S/C12H19ClN4O/c1-4-17(7-5-6-16(2)3)12(18)10-8-15-11(13)9-14-10/h8-9H,4-7H2,1-3H3. The maximum absolute atomic E-state index is 12.1. The predicted molar refractivity (Wildman–Crippen MR) is 71.8 cm³/mol. The molecular weight excluding hydrogens is 252 g/mol. The number of aromatic nitrogens is 2. The van der Waals surface area contributed by atoms with Gasteiger partial charge in [-0.3, -0.25) is 4.79 Å². The van der Waals surface area contributed by atoms with E-state index in [4.69, 9.17) is 11.6 Å². The van der Waals surface area contributed by atoms with E-state index < -0.39 is 0 Å². The molecule has 0 spiro atoms. The van der Waals surface area contributed by atoms with Crippen LogP contribution >= 0.6 is 11.6 Å². The minimum absolute atomic E-state index is 0.0968. The van der Waals surface area contributed by atoms with E-state index in [2.05, 4.69) is 14.9 Å². The Morgan fingerprint density at radius 3 is 2.50 bits per heavy atom. The molecule has 1 amide bonds. The molecule has 0 radical (unpaired) electrons. The lowest BCUT2D eigenvalue weighted by atomic mass is 10.3. The van der Waals surface area contributed by atoms with Crippen LogP contribution in [0.3, 0.4) is 0 Å². The van der Waals surface area contributed by atoms with Crippen LogP contribution in [0.2, 0.25) is 5.15 Å². The zero-order chi connectivity index (χ0) is 13.5. The molecule has 0 atom stereocenters. The van der Waals surface area contributed by atoms with Crippen LogP contribution < -0.4 is 0 Å². The molecule has 100 valence electrons. The van der Waals surface area contributed by atoms with E-state index >= 15 is 0 Å². The number of nitrogens with zero attached hydrogens (tertiary/aromatic N) is 4. The van der Waals surface area contributed by atoms with Crippen molar-refractivity contribution < 1.29 is 4.79 Å². The van der Waals surface area contributed by atoms with Gasteiger partial charge in [-0.1, -0.05) is 11.6 Å². The lowest BCUT2D eigenvalue weighted by Gasteiger charge is -2.21. The van der Waals surface area contributed by atoms with E-state index in [-0.39, 0.29) is 5.91 Å². The predicted octanol–water partition coefficient (Wildman–Crippen LogP) is 1.54. The number of hydrogen-bond donors (Lipinski definition) is 0. The van der Waals surface area contributed by atoms with Crippen molar-refractivity contribution in [3.05, 3.63) is 23.2 Å². The van der Waals surface area contributed by atoms with E-state index in [0.29, 0.717) is 17.4 Å². The number of halogens is 1. The first kappa shape index (κ1) is 14.9. The van der Waals surface area contributed by atoms with Gasteiger partial charge in [0.05, 0.1) is 12.4 Å². The maximum Gasteiger partial charge on any atom is 0.274 e. The molecule has 18 heavy (non-hydrogen) atoms. The molecule has 0 aliphatic heterocycles. The molecule has 1 heterocycles. The van der Waals surface area contributed by atoms with Gasteiger partial charge in [0.2, 0.25) is 0 Å². The zero-order valence-corrected chi connectivity index (χ0v) is 11.8. The van der Waals surface area contributed by atoms with Crippen LogP contribution in [0.25, 0.3) is 0 Å². The molecule has 0 N–H and O–H groups in total. The van der Waals surface area contributed by atoms with Crippen molar-refractivity contribution in [3.63, 3.8) is 0 Å². The van der Waals surface area contributed by atoms with Gasteiger partial charge in [0.1, 0.15) is 10.8 Å². The van der Waals surface area contributed by atoms with Crippen molar-refractivity contribution >= 4 is 17.5 Å². The van der Waals surface area contributed by atoms with Crippen molar-refractivity contribution in [2.24, 2.45) is 0 Å². The number of hydrogen-bond acceptors (Lipinski definition) is 4. The number of carbonyl (C=O) groups is 1. The smallest absolute Gasteiger partial charge is 0.274 e. The SMILES string of the molecule is CCN(CCCN(C)C)C(=O)c1cnc(Cl)cn1. The van der Waals surface area contributed by atoms with Gasteiger partial charge in [0.25, 0.3) is 5.91 Å². The fraction of sp³-hybridized carbons (Fsp3) is 0.583. The quantitative estimate of drug-likeness (QED) is 0.787. The summed E-state index contributed by atoms with van der Waals surface area (Å²) in [6.07, 6.45) is 3.75. The van der Waals surface area contributed by atoms with Crippen LogP contribution in [-0.2, 0) is 0 Å². The van der Waals surface area contributed by atoms with Crippen LogP contribution in [0.1, 0.15) is 23.8 Å². The first-order chi connectivity index (χ1) is 8.54. The Morgan fingerprint density at radius 2 is 2.00 bits per heavy atom. The molecule has 1 aromatic heterocycles. The summed E-state index contributed by atoms with van der Waals surface area (Å²) in [7, 11) is 4.03. The fourth-order valence-corrected chi connectivity index (χ4v) is 1.66. The maximum atomic E-state index is 12.1. The average Bonchev–Trinajstić information content (AvgIpc) is 2.34. The lowest BCUT2D eigenvalue weighted by Crippen LogP contribution is -2.33. The molecule has 6 heteroatoms. The molecule has 5 nitrogen and oxygen atoms in total. The van der Waals surface area contributed by atoms with Crippen LogP contribution in [0.5, 0.6) is 0 Å². The highest BCUT2D eigenvalue weighted by Crippen LogP contribution is 2.05. The van der Waals surface area contributed by atoms with Crippen LogP contribution in [0, 0.1) is 0 Å². The normalized spacial score (nSPS) is 10.7. The van der Waals surface area contributed by atoms with Crippen molar-refractivity contribution in [2.75, 3.05) is 33.7 Å². The molecular formula is C12H19ClN4O. The van der Waals surface area contributed by atoms with Crippen LogP contribution in [0.4, 0.5) is 0 Å². The summed E-state index contributed by atoms with van der Waals surface area (Å²) < 4.78 is 0. The summed E-state index contributed by atoms with van der Waals surface area (Å²) >= 11 is 5.64. The zero-order valence-electron chi connectivity index (χ0n) is 11.1. The van der Waals surface area contributed by atoms with E-state index in [0.717, 1.165) is 19.5 Å². The molecule has 0 aliphatic rings. The van der Waals surface area contributed by atoms with Crippen LogP contribution in [-0.4, -0.2) is 59.4 Å². The molecule has 1 aromatic rings. The highest BCUT2D eigenvalue weighted by Gasteiger charge is 2.15. The van der Waals surface area contributed by atoms with Crippen molar-refractivity contribution in [1.82, 2.24) is 19.8 Å². The Morgan fingerprint density at radius 1 is 1.28 bits per heavy atom. The summed E-state index contributed by atoms with van der Waals surface area (Å²) in [5.41, 5.74) is 0.339. The Hall–Kier alpha value is -1.20. The van der Waals surface area contributed by atoms with Crippen molar-refractivity contribution in [1.29, 1.82) is 0 Å². The first-order valence-corrected chi connectivity index (χ1v) is 6.34. The number of carbonyl (C=O) groups excluding carboxylic acids is 1. The van der Waals surface area contributed by atoms with Gasteiger partial charge in [0, 0.05) is 13.1 Å². The molecule has 0 fully saturated rings. The Bertz CT molecular complexity index is 380. The van der Waals surface area contributed by atoms with Gasteiger partial charge in [-0.15, -0.1) is 0 Å². The topological polar surface area (TPSA) is 49.3 Å². The minimum atomic E-state index is -0.0968. The summed E-state index contributed by atoms with van der Waals surface area (Å²) in [6, 6.07) is 0. The molecule has 1 rings (SSSR count). The van der Waals surface area contributed by atoms with E-state index in [1.807, 2.05) is 21.0 Å². The van der Waals surface area contributed by atoms with Gasteiger partial charge >= 0.3 is 0 Å². The van der Waals surface area contributed by atoms with Gasteiger partial charge in [0.15, 0.2) is 0 Å². The van der Waals surface area contributed by atoms with Gasteiger partial charge in [-0.25, -0.2) is 9.97 Å². The third-order valence-corrected chi connectivity index (χ3v) is 2.74. The number of rotatable bonds is 6. The Labute approximate surface area is 113 Å². The first-order valence-electron chi connectivity index (χ1n) is 5.96. The monoisotopic (exact) mass is 270 g/mol. The van der Waals surface area contributed by atoms with Crippen molar-refractivity contribution in [2.45, 2.75) is 13.3 Å². The summed E-state index contributed by atoms with van der Waals surface area (Å²) in [5, 5.41) is 0.294. The number of amides is 1. The summed E-state index contributed by atoms with van der Waals surface area (Å²) in [5.74, 6) is -0.0968. The Kier molecular flexibility index (Phi) is 6.01. The molecule has 0 aromatic carbocycles. The van der Waals surface area contributed by atoms with Gasteiger partial charge < -0.3 is 9.80 Å². The molecule has 0 saturated heterocycles. The second kappa shape index (κ2) is 7.28. The summed E-state index contributed by atoms with van der Waals surface area (Å²) in [4.78, 5) is 23.9. The van der Waals surface area contributed by atoms with E-state index in [9.17, 15) is 4.79 Å². The van der Waals surface area contributed by atoms with Crippen molar-refractivity contribution in [3.8, 4) is 0 Å². The Balaban J connectivity index is 2.59. The second-order valence-corrected chi connectivity index (χ2v) is 4.65. The minimum Gasteiger partial charge on any atom is -0.337 e. The fourth-order valence-electron chi connectivity index (χ4n) is 1.57. The summed E-state index contributed by atoms with van der Waals surface area (Å²) in [6.45, 7) is 4.29. The highest BCUT2D eigenvalue weighted by molar-refractivity contribution is 6.29. The highest BCUT2D eigenvalue weighted by atomic mass is 35.5. The van der Waals surface area contributed by atoms with Gasteiger partial charge in [-0.2, -0.15) is 0 Å². The van der Waals surface area contributed by atoms with E-state index in [1.165, 1.54) is 12.4 Å².